The Balaban J connectivity index is 1.54. The van der Waals surface area contributed by atoms with Gasteiger partial charge in [0.1, 0.15) is 11.9 Å². The third-order valence-electron chi connectivity index (χ3n) is 6.76. The first-order valence-corrected chi connectivity index (χ1v) is 12.8. The van der Waals surface area contributed by atoms with Gasteiger partial charge in [0.25, 0.3) is 0 Å². The number of nitrogens with zero attached hydrogens (tertiary/aromatic N) is 1. The summed E-state index contributed by atoms with van der Waals surface area (Å²) in [5.74, 6) is -0.339. The number of fused-ring (bicyclic) bond motifs is 1. The van der Waals surface area contributed by atoms with E-state index in [4.69, 9.17) is 9.84 Å². The number of alkyl halides is 3. The Kier molecular flexibility index (Phi) is 7.56. The van der Waals surface area contributed by atoms with Gasteiger partial charge in [0.15, 0.2) is 0 Å². The molecule has 4 aromatic carbocycles. The lowest BCUT2D eigenvalue weighted by atomic mass is 9.91. The molecule has 0 amide bonds. The van der Waals surface area contributed by atoms with E-state index in [1.807, 2.05) is 67.6 Å². The Labute approximate surface area is 229 Å². The normalized spacial score (nSPS) is 12.3. The molecule has 1 atom stereocenters. The summed E-state index contributed by atoms with van der Waals surface area (Å²) in [5.41, 5.74) is 3.91. The summed E-state index contributed by atoms with van der Waals surface area (Å²) in [7, 11) is 0. The lowest BCUT2D eigenvalue weighted by Gasteiger charge is -2.19. The highest BCUT2D eigenvalue weighted by Crippen LogP contribution is 2.40. The van der Waals surface area contributed by atoms with Crippen LogP contribution in [0.15, 0.2) is 103 Å². The van der Waals surface area contributed by atoms with Crippen molar-refractivity contribution >= 4 is 16.9 Å². The Morgan fingerprint density at radius 2 is 1.62 bits per heavy atom. The zero-order chi connectivity index (χ0) is 28.3. The molecule has 202 valence electrons. The predicted molar refractivity (Wildman–Crippen MR) is 148 cm³/mol. The maximum Gasteiger partial charge on any atom is 0.418 e. The fourth-order valence-corrected chi connectivity index (χ4v) is 4.86. The highest BCUT2D eigenvalue weighted by molar-refractivity contribution is 5.98. The lowest BCUT2D eigenvalue weighted by molar-refractivity contribution is -0.137. The van der Waals surface area contributed by atoms with E-state index in [1.165, 1.54) is 12.3 Å². The van der Waals surface area contributed by atoms with Crippen LogP contribution in [0.3, 0.4) is 0 Å². The number of ether oxygens (including phenoxy) is 1. The molecule has 0 radical (unpaired) electrons. The predicted octanol–water partition coefficient (Wildman–Crippen LogP) is 8.28. The highest BCUT2D eigenvalue weighted by Gasteiger charge is 2.33. The van der Waals surface area contributed by atoms with Gasteiger partial charge in [0.05, 0.1) is 17.5 Å². The van der Waals surface area contributed by atoms with Crippen molar-refractivity contribution in [1.82, 2.24) is 4.98 Å². The molecule has 0 aliphatic heterocycles. The summed E-state index contributed by atoms with van der Waals surface area (Å²) in [6.45, 7) is 1.89. The third-order valence-corrected chi connectivity index (χ3v) is 6.76. The zero-order valence-corrected chi connectivity index (χ0v) is 21.7. The van der Waals surface area contributed by atoms with E-state index in [9.17, 15) is 18.0 Å². The van der Waals surface area contributed by atoms with E-state index < -0.39 is 17.7 Å². The number of carboxylic acids is 1. The van der Waals surface area contributed by atoms with Crippen molar-refractivity contribution in [2.75, 3.05) is 0 Å². The minimum Gasteiger partial charge on any atom is -0.486 e. The second kappa shape index (κ2) is 11.2. The van der Waals surface area contributed by atoms with Crippen LogP contribution in [0.2, 0.25) is 0 Å². The average molecular weight is 542 g/mol. The van der Waals surface area contributed by atoms with Gasteiger partial charge >= 0.3 is 12.1 Å². The van der Waals surface area contributed by atoms with Gasteiger partial charge < -0.3 is 9.84 Å². The van der Waals surface area contributed by atoms with Gasteiger partial charge in [-0.15, -0.1) is 0 Å². The molecule has 40 heavy (non-hydrogen) atoms. The number of hydrogen-bond donors (Lipinski definition) is 1. The lowest BCUT2D eigenvalue weighted by Crippen LogP contribution is -2.07. The SMILES string of the molecule is C[C@H](Oc1cccc(-c2c(Cc3ccccc3)cnc3c(C(F)(F)F)cccc23)c1)c1ccc(CC(=O)O)cc1. The first-order valence-electron chi connectivity index (χ1n) is 12.8. The molecule has 0 unspecified atom stereocenters. The topological polar surface area (TPSA) is 59.4 Å². The van der Waals surface area contributed by atoms with Crippen molar-refractivity contribution in [3.8, 4) is 16.9 Å². The van der Waals surface area contributed by atoms with Crippen molar-refractivity contribution in [1.29, 1.82) is 0 Å². The Morgan fingerprint density at radius 3 is 2.33 bits per heavy atom. The number of pyridine rings is 1. The largest absolute Gasteiger partial charge is 0.486 e. The van der Waals surface area contributed by atoms with Gasteiger partial charge in [-0.3, -0.25) is 9.78 Å². The first-order chi connectivity index (χ1) is 19.2. The summed E-state index contributed by atoms with van der Waals surface area (Å²) >= 11 is 0. The molecule has 0 aliphatic carbocycles. The number of hydrogen-bond acceptors (Lipinski definition) is 3. The molecule has 0 aliphatic rings. The van der Waals surface area contributed by atoms with E-state index >= 15 is 0 Å². The van der Waals surface area contributed by atoms with Crippen LogP contribution in [0.1, 0.15) is 40.8 Å². The van der Waals surface area contributed by atoms with Crippen LogP contribution >= 0.6 is 0 Å². The number of rotatable bonds is 8. The number of aliphatic carboxylic acids is 1. The summed E-state index contributed by atoms with van der Waals surface area (Å²) in [4.78, 5) is 15.2. The van der Waals surface area contributed by atoms with Crippen LogP contribution in [0.5, 0.6) is 5.75 Å². The van der Waals surface area contributed by atoms with E-state index in [1.54, 1.807) is 24.3 Å². The minimum absolute atomic E-state index is 0.0567. The van der Waals surface area contributed by atoms with E-state index in [0.29, 0.717) is 28.7 Å². The van der Waals surface area contributed by atoms with Crippen LogP contribution in [0, 0.1) is 0 Å². The van der Waals surface area contributed by atoms with Crippen LogP contribution in [0.25, 0.3) is 22.0 Å². The van der Waals surface area contributed by atoms with E-state index in [-0.39, 0.29) is 18.0 Å². The van der Waals surface area contributed by atoms with Gasteiger partial charge in [-0.1, -0.05) is 78.9 Å². The smallest absolute Gasteiger partial charge is 0.418 e. The highest BCUT2D eigenvalue weighted by atomic mass is 19.4. The number of carbonyl (C=O) groups is 1. The third kappa shape index (κ3) is 5.99. The van der Waals surface area contributed by atoms with Crippen LogP contribution in [-0.4, -0.2) is 16.1 Å². The maximum atomic E-state index is 13.9. The summed E-state index contributed by atoms with van der Waals surface area (Å²) in [6, 6.07) is 28.4. The summed E-state index contributed by atoms with van der Waals surface area (Å²) in [5, 5.41) is 9.42. The van der Waals surface area contributed by atoms with Gasteiger partial charge in [0.2, 0.25) is 0 Å². The summed E-state index contributed by atoms with van der Waals surface area (Å²) in [6.07, 6.45) is -2.90. The summed E-state index contributed by atoms with van der Waals surface area (Å²) < 4.78 is 47.8. The molecular weight excluding hydrogens is 515 g/mol. The number of halogens is 3. The van der Waals surface area contributed by atoms with Crippen molar-refractivity contribution in [3.05, 3.63) is 131 Å². The van der Waals surface area contributed by atoms with Crippen molar-refractivity contribution in [3.63, 3.8) is 0 Å². The molecule has 4 nitrogen and oxygen atoms in total. The quantitative estimate of drug-likeness (QED) is 0.215. The fourth-order valence-electron chi connectivity index (χ4n) is 4.86. The number of aromatic nitrogens is 1. The molecule has 5 rings (SSSR count). The molecule has 0 spiro atoms. The van der Waals surface area contributed by atoms with Crippen molar-refractivity contribution < 1.29 is 27.8 Å². The van der Waals surface area contributed by atoms with Gasteiger partial charge in [-0.2, -0.15) is 13.2 Å². The number of benzene rings is 4. The van der Waals surface area contributed by atoms with Crippen LogP contribution in [0.4, 0.5) is 13.2 Å². The molecule has 5 aromatic rings. The van der Waals surface area contributed by atoms with Crippen molar-refractivity contribution in [2.24, 2.45) is 0 Å². The average Bonchev–Trinajstić information content (AvgIpc) is 2.93. The Bertz CT molecular complexity index is 1650. The molecule has 0 saturated heterocycles. The van der Waals surface area contributed by atoms with Gasteiger partial charge in [0, 0.05) is 11.6 Å². The zero-order valence-electron chi connectivity index (χ0n) is 21.7. The van der Waals surface area contributed by atoms with Crippen LogP contribution in [-0.2, 0) is 23.8 Å². The molecule has 0 bridgehead atoms. The van der Waals surface area contributed by atoms with E-state index in [2.05, 4.69) is 4.98 Å². The number of carboxylic acid groups (broad SMARTS) is 1. The molecule has 7 heteroatoms. The molecule has 1 N–H and O–H groups in total. The fraction of sp³-hybridized carbons (Fsp3) is 0.152. The van der Waals surface area contributed by atoms with Gasteiger partial charge in [-0.25, -0.2) is 0 Å². The monoisotopic (exact) mass is 541 g/mol. The molecule has 1 aromatic heterocycles. The molecular formula is C33H26F3NO3. The number of para-hydroxylation sites is 1. The van der Waals surface area contributed by atoms with Crippen molar-refractivity contribution in [2.45, 2.75) is 32.0 Å². The Morgan fingerprint density at radius 1 is 0.900 bits per heavy atom. The maximum absolute atomic E-state index is 13.9. The standard InChI is InChI=1S/C33H26F3NO3/c1-21(24-15-13-23(14-16-24)18-30(38)39)40-27-10-5-9-25(19-27)31-26(17-22-7-3-2-4-8-22)20-37-32-28(31)11-6-12-29(32)33(34,35)36/h2-16,19-21H,17-18H2,1H3,(H,38,39)/t21-/m0/s1. The second-order valence-corrected chi connectivity index (χ2v) is 9.62. The van der Waals surface area contributed by atoms with Gasteiger partial charge in [-0.05, 0) is 64.9 Å². The second-order valence-electron chi connectivity index (χ2n) is 9.62. The minimum atomic E-state index is -4.54. The Hall–Kier alpha value is -4.65. The van der Waals surface area contributed by atoms with E-state index in [0.717, 1.165) is 28.3 Å². The molecule has 1 heterocycles. The molecule has 0 fully saturated rings. The van der Waals surface area contributed by atoms with Crippen LogP contribution < -0.4 is 4.74 Å². The molecule has 0 saturated carbocycles. The first kappa shape index (κ1) is 26.9.